The van der Waals surface area contributed by atoms with Crippen molar-refractivity contribution < 1.29 is 19.4 Å². The molecule has 0 radical (unpaired) electrons. The zero-order valence-electron chi connectivity index (χ0n) is 18.0. The second-order valence-electron chi connectivity index (χ2n) is 7.58. The Kier molecular flexibility index (Phi) is 19.0. The van der Waals surface area contributed by atoms with Crippen LogP contribution in [0, 0.1) is 5.92 Å². The number of carboxylic acids is 1. The van der Waals surface area contributed by atoms with E-state index in [2.05, 4.69) is 25.7 Å². The second kappa shape index (κ2) is 20.2. The molecule has 0 rings (SSSR count). The van der Waals surface area contributed by atoms with Crippen LogP contribution in [0.3, 0.4) is 0 Å². The van der Waals surface area contributed by atoms with Crippen LogP contribution in [0.1, 0.15) is 103 Å². The summed E-state index contributed by atoms with van der Waals surface area (Å²) in [5.41, 5.74) is 0. The topological polar surface area (TPSA) is 63.6 Å². The van der Waals surface area contributed by atoms with Crippen molar-refractivity contribution in [1.82, 2.24) is 0 Å². The molecule has 0 aliphatic rings. The van der Waals surface area contributed by atoms with E-state index in [1.807, 2.05) is 0 Å². The lowest BCUT2D eigenvalue weighted by Crippen LogP contribution is -2.19. The van der Waals surface area contributed by atoms with E-state index in [0.29, 0.717) is 6.42 Å². The van der Waals surface area contributed by atoms with Crippen LogP contribution in [0.4, 0.5) is 0 Å². The van der Waals surface area contributed by atoms with E-state index in [9.17, 15) is 14.7 Å². The minimum absolute atomic E-state index is 0.0454. The number of carbonyl (C=O) groups excluding carboxylic acids is 1. The van der Waals surface area contributed by atoms with Gasteiger partial charge in [0.2, 0.25) is 0 Å². The van der Waals surface area contributed by atoms with Crippen molar-refractivity contribution in [3.05, 3.63) is 24.8 Å². The van der Waals surface area contributed by atoms with Gasteiger partial charge in [0.1, 0.15) is 6.61 Å². The molecular weight excluding hydrogens is 352 g/mol. The maximum atomic E-state index is 11.5. The monoisotopic (exact) mass is 394 g/mol. The number of ether oxygens (including phenoxy) is 1. The fourth-order valence-corrected chi connectivity index (χ4v) is 3.19. The van der Waals surface area contributed by atoms with E-state index in [1.54, 1.807) is 0 Å². The average molecular weight is 395 g/mol. The van der Waals surface area contributed by atoms with Gasteiger partial charge in [-0.25, -0.2) is 0 Å². The summed E-state index contributed by atoms with van der Waals surface area (Å²) >= 11 is 0. The van der Waals surface area contributed by atoms with Gasteiger partial charge in [-0.3, -0.25) is 9.59 Å². The molecule has 1 N–H and O–H groups in total. The highest BCUT2D eigenvalue weighted by Gasteiger charge is 2.21. The van der Waals surface area contributed by atoms with Crippen molar-refractivity contribution in [2.75, 3.05) is 6.61 Å². The van der Waals surface area contributed by atoms with Crippen molar-refractivity contribution in [1.29, 1.82) is 0 Å². The van der Waals surface area contributed by atoms with Crippen LogP contribution >= 0.6 is 0 Å². The van der Waals surface area contributed by atoms with Gasteiger partial charge in [0, 0.05) is 0 Å². The standard InChI is InChI=1S/C24H42O4/c1-3-5-6-7-8-9-10-11-12-13-14-15-16-17-18-19-22(24(26)27)21-23(25)28-20-4-2/h4,8-9,22H,2-3,5-7,10-21H2,1H3,(H,26,27)/b9-8+. The minimum Gasteiger partial charge on any atom is -0.481 e. The Labute approximate surface area is 172 Å². The predicted molar refractivity (Wildman–Crippen MR) is 116 cm³/mol. The lowest BCUT2D eigenvalue weighted by molar-refractivity contribution is -0.151. The zero-order valence-corrected chi connectivity index (χ0v) is 18.0. The lowest BCUT2D eigenvalue weighted by Gasteiger charge is -2.11. The van der Waals surface area contributed by atoms with Gasteiger partial charge in [-0.15, -0.1) is 0 Å². The Morgan fingerprint density at radius 3 is 1.96 bits per heavy atom. The molecule has 0 bridgehead atoms. The number of unbranched alkanes of at least 4 members (excludes halogenated alkanes) is 11. The number of esters is 1. The molecule has 0 fully saturated rings. The maximum Gasteiger partial charge on any atom is 0.307 e. The van der Waals surface area contributed by atoms with Crippen LogP contribution < -0.4 is 0 Å². The summed E-state index contributed by atoms with van der Waals surface area (Å²) < 4.78 is 4.88. The van der Waals surface area contributed by atoms with Gasteiger partial charge >= 0.3 is 11.9 Å². The summed E-state index contributed by atoms with van der Waals surface area (Å²) in [6, 6.07) is 0. The molecule has 0 aliphatic heterocycles. The summed E-state index contributed by atoms with van der Waals surface area (Å²) in [6.07, 6.45) is 22.4. The molecule has 0 heterocycles. The van der Waals surface area contributed by atoms with Gasteiger partial charge in [-0.1, -0.05) is 89.5 Å². The molecule has 4 nitrogen and oxygen atoms in total. The predicted octanol–water partition coefficient (Wildman–Crippen LogP) is 6.84. The van der Waals surface area contributed by atoms with Crippen LogP contribution in [-0.2, 0) is 14.3 Å². The number of rotatable bonds is 20. The van der Waals surface area contributed by atoms with Gasteiger partial charge < -0.3 is 9.84 Å². The lowest BCUT2D eigenvalue weighted by atomic mass is 9.97. The molecule has 0 aromatic heterocycles. The highest BCUT2D eigenvalue weighted by Crippen LogP contribution is 2.17. The molecule has 0 spiro atoms. The SMILES string of the molecule is C=CCOC(=O)CC(CCCCCCCCCC/C=C/CCCCC)C(=O)O. The third-order valence-electron chi connectivity index (χ3n) is 4.94. The largest absolute Gasteiger partial charge is 0.481 e. The highest BCUT2D eigenvalue weighted by atomic mass is 16.5. The molecule has 0 saturated carbocycles. The van der Waals surface area contributed by atoms with Crippen molar-refractivity contribution >= 4 is 11.9 Å². The first kappa shape index (κ1) is 26.4. The Morgan fingerprint density at radius 1 is 0.893 bits per heavy atom. The van der Waals surface area contributed by atoms with Gasteiger partial charge in [0.25, 0.3) is 0 Å². The molecule has 0 aromatic carbocycles. The van der Waals surface area contributed by atoms with E-state index < -0.39 is 17.9 Å². The third-order valence-corrected chi connectivity index (χ3v) is 4.94. The van der Waals surface area contributed by atoms with Crippen LogP contribution in [0.15, 0.2) is 24.8 Å². The molecule has 4 heteroatoms. The first-order chi connectivity index (χ1) is 13.6. The number of carbonyl (C=O) groups is 2. The van der Waals surface area contributed by atoms with Crippen LogP contribution in [-0.4, -0.2) is 23.7 Å². The molecule has 162 valence electrons. The number of hydrogen-bond donors (Lipinski definition) is 1. The Morgan fingerprint density at radius 2 is 1.43 bits per heavy atom. The van der Waals surface area contributed by atoms with Crippen LogP contribution in [0.2, 0.25) is 0 Å². The van der Waals surface area contributed by atoms with E-state index in [-0.39, 0.29) is 13.0 Å². The third kappa shape index (κ3) is 17.8. The Hall–Kier alpha value is -1.58. The maximum absolute atomic E-state index is 11.5. The van der Waals surface area contributed by atoms with Crippen molar-refractivity contribution in [3.63, 3.8) is 0 Å². The summed E-state index contributed by atoms with van der Waals surface area (Å²) in [5, 5.41) is 9.23. The van der Waals surface area contributed by atoms with E-state index >= 15 is 0 Å². The van der Waals surface area contributed by atoms with Crippen LogP contribution in [0.25, 0.3) is 0 Å². The van der Waals surface area contributed by atoms with Gasteiger partial charge in [-0.2, -0.15) is 0 Å². The van der Waals surface area contributed by atoms with Gasteiger partial charge in [-0.05, 0) is 32.1 Å². The highest BCUT2D eigenvalue weighted by molar-refractivity contribution is 5.78. The number of carboxylic acid groups (broad SMARTS) is 1. The number of hydrogen-bond acceptors (Lipinski definition) is 3. The van der Waals surface area contributed by atoms with Crippen LogP contribution in [0.5, 0.6) is 0 Å². The van der Waals surface area contributed by atoms with Crippen molar-refractivity contribution in [2.45, 2.75) is 103 Å². The Bertz CT molecular complexity index is 428. The summed E-state index contributed by atoms with van der Waals surface area (Å²) in [5.74, 6) is -1.99. The second-order valence-corrected chi connectivity index (χ2v) is 7.58. The smallest absolute Gasteiger partial charge is 0.307 e. The molecule has 0 aromatic rings. The molecule has 0 aliphatic carbocycles. The minimum atomic E-state index is -0.907. The molecular formula is C24H42O4. The number of allylic oxidation sites excluding steroid dienone is 2. The number of aliphatic carboxylic acids is 1. The van der Waals surface area contributed by atoms with Crippen molar-refractivity contribution in [2.24, 2.45) is 5.92 Å². The van der Waals surface area contributed by atoms with Crippen molar-refractivity contribution in [3.8, 4) is 0 Å². The average Bonchev–Trinajstić information content (AvgIpc) is 2.68. The van der Waals surface area contributed by atoms with E-state index in [0.717, 1.165) is 19.3 Å². The van der Waals surface area contributed by atoms with E-state index in [4.69, 9.17) is 4.74 Å². The normalized spacial score (nSPS) is 12.2. The molecule has 0 amide bonds. The summed E-state index contributed by atoms with van der Waals surface area (Å²) in [7, 11) is 0. The molecule has 1 atom stereocenters. The molecule has 1 unspecified atom stereocenters. The van der Waals surface area contributed by atoms with E-state index in [1.165, 1.54) is 70.3 Å². The molecule has 28 heavy (non-hydrogen) atoms. The van der Waals surface area contributed by atoms with Gasteiger partial charge in [0.05, 0.1) is 12.3 Å². The summed E-state index contributed by atoms with van der Waals surface area (Å²) in [6.45, 7) is 5.85. The first-order valence-corrected chi connectivity index (χ1v) is 11.3. The molecule has 0 saturated heterocycles. The van der Waals surface area contributed by atoms with Gasteiger partial charge in [0.15, 0.2) is 0 Å². The fraction of sp³-hybridized carbons (Fsp3) is 0.750. The quantitative estimate of drug-likeness (QED) is 0.139. The first-order valence-electron chi connectivity index (χ1n) is 11.3. The fourth-order valence-electron chi connectivity index (χ4n) is 3.19. The Balaban J connectivity index is 3.52. The summed E-state index contributed by atoms with van der Waals surface area (Å²) in [4.78, 5) is 22.8. The zero-order chi connectivity index (χ0) is 20.9.